The molecule has 0 aromatic heterocycles. The Morgan fingerprint density at radius 1 is 1.00 bits per heavy atom. The summed E-state index contributed by atoms with van der Waals surface area (Å²) in [6, 6.07) is 15.0. The second-order valence-corrected chi connectivity index (χ2v) is 5.39. The molecule has 0 radical (unpaired) electrons. The summed E-state index contributed by atoms with van der Waals surface area (Å²) in [6.45, 7) is 0.360. The smallest absolute Gasteiger partial charge is 0.251 e. The molecule has 2 aromatic rings. The van der Waals surface area contributed by atoms with Gasteiger partial charge in [-0.2, -0.15) is 5.10 Å². The molecular formula is C19H18N3O4-. The zero-order chi connectivity index (χ0) is 18.8. The number of benzene rings is 2. The monoisotopic (exact) mass is 352 g/mol. The summed E-state index contributed by atoms with van der Waals surface area (Å²) < 4.78 is 0. The molecule has 0 aliphatic heterocycles. The number of carbonyl (C=O) groups is 3. The molecule has 0 unspecified atom stereocenters. The van der Waals surface area contributed by atoms with Gasteiger partial charge in [0.05, 0.1) is 12.2 Å². The van der Waals surface area contributed by atoms with Gasteiger partial charge in [-0.25, -0.2) is 5.43 Å². The number of carboxylic acids is 1. The average Bonchev–Trinajstić information content (AvgIpc) is 2.66. The maximum absolute atomic E-state index is 11.8. The molecule has 0 saturated heterocycles. The standard InChI is InChI=1S/C19H19N3O4/c23-17(11-6-12-20-18(24)14-7-2-1-3-8-14)22-21-13-15-9-4-5-10-16(15)19(25)26/h1-5,7-10,13H,6,11-12H2,(H,20,24)(H,22,23)(H,25,26)/p-1/b21-13-. The van der Waals surface area contributed by atoms with E-state index in [4.69, 9.17) is 0 Å². The van der Waals surface area contributed by atoms with Gasteiger partial charge in [0, 0.05) is 29.7 Å². The van der Waals surface area contributed by atoms with Crippen molar-refractivity contribution in [2.45, 2.75) is 12.8 Å². The highest BCUT2D eigenvalue weighted by molar-refractivity contribution is 5.97. The van der Waals surface area contributed by atoms with Gasteiger partial charge in [0.25, 0.3) is 5.91 Å². The summed E-state index contributed by atoms with van der Waals surface area (Å²) in [5.41, 5.74) is 3.22. The van der Waals surface area contributed by atoms with Crippen LogP contribution < -0.4 is 15.8 Å². The first-order valence-corrected chi connectivity index (χ1v) is 8.03. The number of carbonyl (C=O) groups excluding carboxylic acids is 3. The fourth-order valence-electron chi connectivity index (χ4n) is 2.17. The van der Waals surface area contributed by atoms with Crippen LogP contribution in [0.15, 0.2) is 59.7 Å². The van der Waals surface area contributed by atoms with Gasteiger partial charge in [-0.1, -0.05) is 42.5 Å². The van der Waals surface area contributed by atoms with E-state index in [0.29, 0.717) is 24.1 Å². The van der Waals surface area contributed by atoms with Gasteiger partial charge < -0.3 is 15.2 Å². The molecule has 2 aromatic carbocycles. The van der Waals surface area contributed by atoms with Crippen molar-refractivity contribution in [1.82, 2.24) is 10.7 Å². The fourth-order valence-corrected chi connectivity index (χ4v) is 2.17. The van der Waals surface area contributed by atoms with E-state index in [1.54, 1.807) is 42.5 Å². The van der Waals surface area contributed by atoms with Crippen LogP contribution in [-0.2, 0) is 4.79 Å². The second-order valence-electron chi connectivity index (χ2n) is 5.39. The zero-order valence-corrected chi connectivity index (χ0v) is 14.0. The summed E-state index contributed by atoms with van der Waals surface area (Å²) in [5, 5.41) is 17.4. The molecule has 7 heteroatoms. The highest BCUT2D eigenvalue weighted by Crippen LogP contribution is 2.04. The molecule has 0 atom stereocenters. The molecule has 2 amide bonds. The first-order valence-electron chi connectivity index (χ1n) is 8.03. The fraction of sp³-hybridized carbons (Fsp3) is 0.158. The summed E-state index contributed by atoms with van der Waals surface area (Å²) in [6.07, 6.45) is 1.88. The molecule has 0 aliphatic carbocycles. The SMILES string of the molecule is O=C(CCCNC(=O)c1ccccc1)N/N=C\c1ccccc1C(=O)[O-]. The Morgan fingerprint density at radius 3 is 2.42 bits per heavy atom. The van der Waals surface area contributed by atoms with Crippen molar-refractivity contribution in [1.29, 1.82) is 0 Å². The predicted octanol–water partition coefficient (Wildman–Crippen LogP) is 0.710. The molecule has 0 spiro atoms. The van der Waals surface area contributed by atoms with Gasteiger partial charge in [0.2, 0.25) is 5.91 Å². The van der Waals surface area contributed by atoms with Crippen LogP contribution in [-0.4, -0.2) is 30.5 Å². The predicted molar refractivity (Wildman–Crippen MR) is 94.5 cm³/mol. The van der Waals surface area contributed by atoms with E-state index >= 15 is 0 Å². The van der Waals surface area contributed by atoms with E-state index in [-0.39, 0.29) is 23.8 Å². The van der Waals surface area contributed by atoms with Crippen molar-refractivity contribution in [3.05, 3.63) is 71.3 Å². The van der Waals surface area contributed by atoms with Gasteiger partial charge in [0.1, 0.15) is 0 Å². The highest BCUT2D eigenvalue weighted by atomic mass is 16.4. The number of hydrogen-bond acceptors (Lipinski definition) is 5. The second kappa shape index (κ2) is 9.73. The molecule has 2 N–H and O–H groups in total. The van der Waals surface area contributed by atoms with E-state index in [1.165, 1.54) is 12.3 Å². The van der Waals surface area contributed by atoms with Crippen molar-refractivity contribution in [2.75, 3.05) is 6.54 Å². The Labute approximate surface area is 150 Å². The van der Waals surface area contributed by atoms with Crippen LogP contribution >= 0.6 is 0 Å². The molecule has 0 aliphatic rings. The number of hydrogen-bond donors (Lipinski definition) is 2. The number of aromatic carboxylic acids is 1. The Kier molecular flexibility index (Phi) is 7.05. The van der Waals surface area contributed by atoms with E-state index < -0.39 is 5.97 Å². The van der Waals surface area contributed by atoms with E-state index in [0.717, 1.165) is 0 Å². The maximum Gasteiger partial charge on any atom is 0.251 e. The lowest BCUT2D eigenvalue weighted by Gasteiger charge is -2.06. The first kappa shape index (κ1) is 18.9. The van der Waals surface area contributed by atoms with Crippen molar-refractivity contribution in [3.63, 3.8) is 0 Å². The molecular weight excluding hydrogens is 334 g/mol. The van der Waals surface area contributed by atoms with Crippen LogP contribution in [0.4, 0.5) is 0 Å². The van der Waals surface area contributed by atoms with Gasteiger partial charge in [0.15, 0.2) is 0 Å². The Hall–Kier alpha value is -3.48. The Morgan fingerprint density at radius 2 is 1.69 bits per heavy atom. The molecule has 0 fully saturated rings. The van der Waals surface area contributed by atoms with Crippen LogP contribution in [0.25, 0.3) is 0 Å². The quantitative estimate of drug-likeness (QED) is 0.414. The lowest BCUT2D eigenvalue weighted by atomic mass is 10.1. The van der Waals surface area contributed by atoms with Crippen molar-refractivity contribution in [3.8, 4) is 0 Å². The van der Waals surface area contributed by atoms with Gasteiger partial charge in [-0.3, -0.25) is 9.59 Å². The van der Waals surface area contributed by atoms with Crippen molar-refractivity contribution in [2.24, 2.45) is 5.10 Å². The molecule has 0 saturated carbocycles. The number of nitrogens with one attached hydrogen (secondary N) is 2. The highest BCUT2D eigenvalue weighted by Gasteiger charge is 2.05. The third-order valence-corrected chi connectivity index (χ3v) is 3.48. The number of amides is 2. The summed E-state index contributed by atoms with van der Waals surface area (Å²) in [5.74, 6) is -1.84. The van der Waals surface area contributed by atoms with Crippen LogP contribution in [0.1, 0.15) is 39.1 Å². The molecule has 7 nitrogen and oxygen atoms in total. The van der Waals surface area contributed by atoms with Gasteiger partial charge in [-0.05, 0) is 18.6 Å². The van der Waals surface area contributed by atoms with Crippen LogP contribution in [0.2, 0.25) is 0 Å². The molecule has 2 rings (SSSR count). The maximum atomic E-state index is 11.8. The number of rotatable bonds is 8. The summed E-state index contributed by atoms with van der Waals surface area (Å²) >= 11 is 0. The molecule has 134 valence electrons. The van der Waals surface area contributed by atoms with E-state index in [9.17, 15) is 19.5 Å². The van der Waals surface area contributed by atoms with E-state index in [2.05, 4.69) is 15.8 Å². The number of hydrazone groups is 1. The lowest BCUT2D eigenvalue weighted by molar-refractivity contribution is -0.255. The van der Waals surface area contributed by atoms with Crippen molar-refractivity contribution < 1.29 is 19.5 Å². The van der Waals surface area contributed by atoms with Crippen LogP contribution in [0.3, 0.4) is 0 Å². The Balaban J connectivity index is 1.71. The van der Waals surface area contributed by atoms with E-state index in [1.807, 2.05) is 6.07 Å². The average molecular weight is 352 g/mol. The van der Waals surface area contributed by atoms with Crippen molar-refractivity contribution >= 4 is 24.0 Å². The minimum Gasteiger partial charge on any atom is -0.545 e. The third kappa shape index (κ3) is 5.86. The number of nitrogens with zero attached hydrogens (tertiary/aromatic N) is 1. The first-order chi connectivity index (χ1) is 12.6. The largest absolute Gasteiger partial charge is 0.545 e. The lowest BCUT2D eigenvalue weighted by Crippen LogP contribution is -2.26. The normalized spacial score (nSPS) is 10.5. The van der Waals surface area contributed by atoms with Gasteiger partial charge in [-0.15, -0.1) is 0 Å². The molecule has 0 heterocycles. The Bertz CT molecular complexity index is 803. The topological polar surface area (TPSA) is 111 Å². The summed E-state index contributed by atoms with van der Waals surface area (Å²) in [7, 11) is 0. The summed E-state index contributed by atoms with van der Waals surface area (Å²) in [4.78, 5) is 34.5. The molecule has 26 heavy (non-hydrogen) atoms. The van der Waals surface area contributed by atoms with Crippen LogP contribution in [0, 0.1) is 0 Å². The van der Waals surface area contributed by atoms with Gasteiger partial charge >= 0.3 is 0 Å². The third-order valence-electron chi connectivity index (χ3n) is 3.48. The van der Waals surface area contributed by atoms with Crippen LogP contribution in [0.5, 0.6) is 0 Å². The minimum atomic E-state index is -1.31. The molecule has 0 bridgehead atoms. The minimum absolute atomic E-state index is 0.00544. The number of carboxylic acid groups (broad SMARTS) is 1. The zero-order valence-electron chi connectivity index (χ0n) is 14.0.